The van der Waals surface area contributed by atoms with Crippen LogP contribution in [0.2, 0.25) is 0 Å². The number of aryl methyl sites for hydroxylation is 1. The highest BCUT2D eigenvalue weighted by atomic mass is 16.2. The number of hydrogen-bond donors (Lipinski definition) is 3. The molecule has 2 heterocycles. The maximum absolute atomic E-state index is 12.5. The highest BCUT2D eigenvalue weighted by molar-refractivity contribution is 6.04. The summed E-state index contributed by atoms with van der Waals surface area (Å²) >= 11 is 0. The number of para-hydroxylation sites is 1. The van der Waals surface area contributed by atoms with Gasteiger partial charge < -0.3 is 15.6 Å². The zero-order valence-electron chi connectivity index (χ0n) is 16.6. The fraction of sp³-hybridized carbons (Fsp3) is 0.125. The predicted molar refractivity (Wildman–Crippen MR) is 118 cm³/mol. The SMILES string of the molecule is Cc1cccc(NC(=O)c2cc(C(=O)NCCc3c[nH]c4ccccc34)ccn2)c1. The number of benzene rings is 2. The van der Waals surface area contributed by atoms with Gasteiger partial charge in [-0.05, 0) is 54.8 Å². The van der Waals surface area contributed by atoms with Gasteiger partial charge in [0.05, 0.1) is 0 Å². The third-order valence-corrected chi connectivity index (χ3v) is 4.89. The molecule has 2 aromatic carbocycles. The van der Waals surface area contributed by atoms with Gasteiger partial charge in [-0.1, -0.05) is 30.3 Å². The molecular weight excluding hydrogens is 376 g/mol. The molecular formula is C24H22N4O2. The minimum Gasteiger partial charge on any atom is -0.361 e. The van der Waals surface area contributed by atoms with Crippen LogP contribution in [-0.4, -0.2) is 28.3 Å². The number of hydrogen-bond acceptors (Lipinski definition) is 3. The fourth-order valence-electron chi connectivity index (χ4n) is 3.37. The summed E-state index contributed by atoms with van der Waals surface area (Å²) in [5.74, 6) is -0.587. The van der Waals surface area contributed by atoms with E-state index in [9.17, 15) is 9.59 Å². The van der Waals surface area contributed by atoms with E-state index >= 15 is 0 Å². The Balaban J connectivity index is 1.38. The van der Waals surface area contributed by atoms with Gasteiger partial charge in [0.2, 0.25) is 0 Å². The number of rotatable bonds is 6. The van der Waals surface area contributed by atoms with Crippen LogP contribution in [0.1, 0.15) is 32.0 Å². The number of amides is 2. The third-order valence-electron chi connectivity index (χ3n) is 4.89. The Labute approximate surface area is 174 Å². The van der Waals surface area contributed by atoms with Crippen LogP contribution in [0.4, 0.5) is 5.69 Å². The highest BCUT2D eigenvalue weighted by Crippen LogP contribution is 2.17. The molecule has 6 nitrogen and oxygen atoms in total. The summed E-state index contributed by atoms with van der Waals surface area (Å²) in [5, 5.41) is 6.88. The molecule has 0 radical (unpaired) electrons. The highest BCUT2D eigenvalue weighted by Gasteiger charge is 2.12. The second-order valence-corrected chi connectivity index (χ2v) is 7.12. The predicted octanol–water partition coefficient (Wildman–Crippen LogP) is 4.10. The number of pyridine rings is 1. The Bertz CT molecular complexity index is 1210. The van der Waals surface area contributed by atoms with Crippen molar-refractivity contribution in [3.05, 3.63) is 95.4 Å². The Hall–Kier alpha value is -3.93. The lowest BCUT2D eigenvalue weighted by molar-refractivity contribution is 0.0954. The van der Waals surface area contributed by atoms with Crippen LogP contribution >= 0.6 is 0 Å². The average Bonchev–Trinajstić information content (AvgIpc) is 3.17. The lowest BCUT2D eigenvalue weighted by Crippen LogP contribution is -2.26. The van der Waals surface area contributed by atoms with E-state index in [1.165, 1.54) is 12.3 Å². The van der Waals surface area contributed by atoms with Crippen molar-refractivity contribution in [3.8, 4) is 0 Å². The van der Waals surface area contributed by atoms with Gasteiger partial charge in [0.15, 0.2) is 0 Å². The van der Waals surface area contributed by atoms with E-state index in [0.717, 1.165) is 22.0 Å². The Morgan fingerprint density at radius 2 is 1.87 bits per heavy atom. The van der Waals surface area contributed by atoms with E-state index in [-0.39, 0.29) is 17.5 Å². The first-order chi connectivity index (χ1) is 14.6. The summed E-state index contributed by atoms with van der Waals surface area (Å²) < 4.78 is 0. The molecule has 0 unspecified atom stereocenters. The number of carbonyl (C=O) groups is 2. The maximum atomic E-state index is 12.5. The summed E-state index contributed by atoms with van der Waals surface area (Å²) in [5.41, 5.74) is 4.56. The quantitative estimate of drug-likeness (QED) is 0.457. The molecule has 0 bridgehead atoms. The smallest absolute Gasteiger partial charge is 0.274 e. The molecule has 0 spiro atoms. The number of H-pyrrole nitrogens is 1. The van der Waals surface area contributed by atoms with Crippen molar-refractivity contribution < 1.29 is 9.59 Å². The molecule has 0 saturated carbocycles. The van der Waals surface area contributed by atoms with Gasteiger partial charge in [0, 0.05) is 41.1 Å². The largest absolute Gasteiger partial charge is 0.361 e. The molecule has 0 aliphatic heterocycles. The van der Waals surface area contributed by atoms with E-state index in [0.29, 0.717) is 24.2 Å². The molecule has 150 valence electrons. The first kappa shape index (κ1) is 19.4. The van der Waals surface area contributed by atoms with Crippen LogP contribution in [0.25, 0.3) is 10.9 Å². The van der Waals surface area contributed by atoms with Crippen molar-refractivity contribution in [1.29, 1.82) is 0 Å². The molecule has 0 saturated heterocycles. The maximum Gasteiger partial charge on any atom is 0.274 e. The van der Waals surface area contributed by atoms with Crippen molar-refractivity contribution in [2.75, 3.05) is 11.9 Å². The number of fused-ring (bicyclic) bond motifs is 1. The zero-order valence-corrected chi connectivity index (χ0v) is 16.6. The van der Waals surface area contributed by atoms with E-state index < -0.39 is 0 Å². The molecule has 0 aliphatic rings. The van der Waals surface area contributed by atoms with Crippen molar-refractivity contribution in [2.45, 2.75) is 13.3 Å². The van der Waals surface area contributed by atoms with Gasteiger partial charge in [0.25, 0.3) is 11.8 Å². The Morgan fingerprint density at radius 1 is 1.00 bits per heavy atom. The third kappa shape index (κ3) is 4.38. The summed E-state index contributed by atoms with van der Waals surface area (Å²) in [6.45, 7) is 2.45. The van der Waals surface area contributed by atoms with E-state index in [1.54, 1.807) is 6.07 Å². The van der Waals surface area contributed by atoms with Crippen LogP contribution in [-0.2, 0) is 6.42 Å². The van der Waals surface area contributed by atoms with Gasteiger partial charge in [-0.25, -0.2) is 0 Å². The molecule has 0 fully saturated rings. The lowest BCUT2D eigenvalue weighted by Gasteiger charge is -2.08. The standard InChI is InChI=1S/C24H22N4O2/c1-16-5-4-6-19(13-16)28-24(30)22-14-17(9-11-25-22)23(29)26-12-10-18-15-27-21-8-3-2-7-20(18)21/h2-9,11,13-15,27H,10,12H2,1H3,(H,26,29)(H,28,30). The molecule has 3 N–H and O–H groups in total. The fourth-order valence-corrected chi connectivity index (χ4v) is 3.37. The van der Waals surface area contributed by atoms with Crippen LogP contribution < -0.4 is 10.6 Å². The van der Waals surface area contributed by atoms with Gasteiger partial charge in [-0.2, -0.15) is 0 Å². The second-order valence-electron chi connectivity index (χ2n) is 7.12. The second kappa shape index (κ2) is 8.61. The first-order valence-corrected chi connectivity index (χ1v) is 9.77. The number of aromatic amines is 1. The molecule has 6 heteroatoms. The van der Waals surface area contributed by atoms with Crippen molar-refractivity contribution >= 4 is 28.4 Å². The summed E-state index contributed by atoms with van der Waals surface area (Å²) in [6, 6.07) is 18.7. The lowest BCUT2D eigenvalue weighted by atomic mass is 10.1. The molecule has 2 amide bonds. The number of nitrogens with zero attached hydrogens (tertiary/aromatic N) is 1. The summed E-state index contributed by atoms with van der Waals surface area (Å²) in [4.78, 5) is 32.4. The minimum atomic E-state index is -0.353. The summed E-state index contributed by atoms with van der Waals surface area (Å²) in [6.07, 6.45) is 4.15. The van der Waals surface area contributed by atoms with Crippen molar-refractivity contribution in [1.82, 2.24) is 15.3 Å². The molecule has 4 rings (SSSR count). The van der Waals surface area contributed by atoms with Gasteiger partial charge in [-0.15, -0.1) is 0 Å². The molecule has 0 atom stereocenters. The first-order valence-electron chi connectivity index (χ1n) is 9.77. The Kier molecular flexibility index (Phi) is 5.57. The number of aromatic nitrogens is 2. The van der Waals surface area contributed by atoms with Crippen molar-refractivity contribution in [2.24, 2.45) is 0 Å². The summed E-state index contributed by atoms with van der Waals surface area (Å²) in [7, 11) is 0. The van der Waals surface area contributed by atoms with Crippen LogP contribution in [0.5, 0.6) is 0 Å². The van der Waals surface area contributed by atoms with Crippen LogP contribution in [0.3, 0.4) is 0 Å². The van der Waals surface area contributed by atoms with E-state index in [2.05, 4.69) is 26.7 Å². The monoisotopic (exact) mass is 398 g/mol. The molecule has 0 aliphatic carbocycles. The van der Waals surface area contributed by atoms with E-state index in [1.807, 2.05) is 55.6 Å². The number of anilines is 1. The van der Waals surface area contributed by atoms with Crippen LogP contribution in [0, 0.1) is 6.92 Å². The van der Waals surface area contributed by atoms with Gasteiger partial charge >= 0.3 is 0 Å². The number of nitrogens with one attached hydrogen (secondary N) is 3. The van der Waals surface area contributed by atoms with Gasteiger partial charge in [0.1, 0.15) is 5.69 Å². The van der Waals surface area contributed by atoms with Crippen LogP contribution in [0.15, 0.2) is 73.1 Å². The van der Waals surface area contributed by atoms with Gasteiger partial charge in [-0.3, -0.25) is 14.6 Å². The molecule has 2 aromatic heterocycles. The minimum absolute atomic E-state index is 0.195. The molecule has 30 heavy (non-hydrogen) atoms. The Morgan fingerprint density at radius 3 is 2.73 bits per heavy atom. The average molecular weight is 398 g/mol. The van der Waals surface area contributed by atoms with Crippen molar-refractivity contribution in [3.63, 3.8) is 0 Å². The number of carbonyl (C=O) groups excluding carboxylic acids is 2. The van der Waals surface area contributed by atoms with E-state index in [4.69, 9.17) is 0 Å². The normalized spacial score (nSPS) is 10.7. The molecule has 4 aromatic rings. The topological polar surface area (TPSA) is 86.9 Å². The zero-order chi connectivity index (χ0) is 20.9.